The number of benzene rings is 1. The Bertz CT molecular complexity index is 797. The molecule has 2 N–H and O–H groups in total. The van der Waals surface area contributed by atoms with Crippen molar-refractivity contribution in [2.24, 2.45) is 0 Å². The Kier molecular flexibility index (Phi) is 3.84. The molecule has 0 unspecified atom stereocenters. The molecule has 112 valence electrons. The summed E-state index contributed by atoms with van der Waals surface area (Å²) in [5.74, 6) is -0.100. The number of nitrogens with zero attached hydrogens (tertiary/aromatic N) is 2. The molecule has 0 atom stereocenters. The number of carbonyl (C=O) groups excluding carboxylic acids is 1. The molecule has 0 aliphatic rings. The lowest BCUT2D eigenvalue weighted by atomic mass is 10.1. The van der Waals surface area contributed by atoms with Gasteiger partial charge in [-0.25, -0.2) is 0 Å². The van der Waals surface area contributed by atoms with Crippen molar-refractivity contribution in [2.45, 2.75) is 5.22 Å². The summed E-state index contributed by atoms with van der Waals surface area (Å²) in [6.07, 6.45) is 1.49. The van der Waals surface area contributed by atoms with Gasteiger partial charge in [0, 0.05) is 5.56 Å². The van der Waals surface area contributed by atoms with Gasteiger partial charge >= 0.3 is 0 Å². The molecule has 0 spiro atoms. The first-order valence-corrected chi connectivity index (χ1v) is 7.17. The van der Waals surface area contributed by atoms with Crippen LogP contribution in [0, 0.1) is 0 Å². The Morgan fingerprint density at radius 2 is 2.05 bits per heavy atom. The molecule has 2 aromatic heterocycles. The summed E-state index contributed by atoms with van der Waals surface area (Å²) in [6.45, 7) is 0. The van der Waals surface area contributed by atoms with E-state index in [4.69, 9.17) is 8.83 Å². The second-order valence-corrected chi connectivity index (χ2v) is 5.19. The van der Waals surface area contributed by atoms with Gasteiger partial charge in [-0.3, -0.25) is 4.79 Å². The molecule has 8 heteroatoms. The second-order valence-electron chi connectivity index (χ2n) is 4.27. The number of phenolic OH excluding ortho intramolecular Hbond substituents is 2. The van der Waals surface area contributed by atoms with Crippen LogP contribution in [-0.4, -0.2) is 31.9 Å². The fraction of sp³-hybridized carbons (Fsp3) is 0.0714. The van der Waals surface area contributed by atoms with Gasteiger partial charge in [0.05, 0.1) is 12.0 Å². The molecular formula is C14H10N2O5S. The normalized spacial score (nSPS) is 10.7. The van der Waals surface area contributed by atoms with Crippen molar-refractivity contribution >= 4 is 17.5 Å². The average molecular weight is 318 g/mol. The fourth-order valence-corrected chi connectivity index (χ4v) is 2.33. The predicted molar refractivity (Wildman–Crippen MR) is 76.8 cm³/mol. The zero-order valence-corrected chi connectivity index (χ0v) is 11.9. The lowest BCUT2D eigenvalue weighted by Gasteiger charge is -2.01. The first kappa shape index (κ1) is 14.2. The number of rotatable bonds is 5. The first-order chi connectivity index (χ1) is 10.6. The van der Waals surface area contributed by atoms with Crippen LogP contribution in [0.2, 0.25) is 0 Å². The molecule has 7 nitrogen and oxygen atoms in total. The van der Waals surface area contributed by atoms with Crippen LogP contribution >= 0.6 is 11.8 Å². The molecule has 2 heterocycles. The average Bonchev–Trinajstić information content (AvgIpc) is 3.18. The molecule has 0 aliphatic heterocycles. The smallest absolute Gasteiger partial charge is 0.284 e. The van der Waals surface area contributed by atoms with Crippen molar-refractivity contribution in [3.05, 3.63) is 42.2 Å². The Morgan fingerprint density at radius 1 is 1.18 bits per heavy atom. The molecule has 1 aromatic carbocycles. The number of Topliss-reactive ketones (excluding diaryl/α,β-unsaturated/α-hetero) is 1. The molecular weight excluding hydrogens is 308 g/mol. The van der Waals surface area contributed by atoms with E-state index in [2.05, 4.69) is 10.2 Å². The van der Waals surface area contributed by atoms with E-state index in [1.807, 2.05) is 0 Å². The van der Waals surface area contributed by atoms with E-state index in [0.29, 0.717) is 5.76 Å². The summed E-state index contributed by atoms with van der Waals surface area (Å²) in [4.78, 5) is 12.0. The number of aromatic hydroxyl groups is 2. The summed E-state index contributed by atoms with van der Waals surface area (Å²) in [5.41, 5.74) is 0.286. The van der Waals surface area contributed by atoms with Crippen molar-refractivity contribution in [1.29, 1.82) is 0 Å². The molecule has 0 bridgehead atoms. The molecule has 3 aromatic rings. The zero-order valence-electron chi connectivity index (χ0n) is 11.1. The van der Waals surface area contributed by atoms with Crippen LogP contribution in [0.15, 0.2) is 50.7 Å². The lowest BCUT2D eigenvalue weighted by Crippen LogP contribution is -2.01. The minimum absolute atomic E-state index is 0.0595. The molecule has 0 amide bonds. The molecule has 0 saturated heterocycles. The third kappa shape index (κ3) is 2.96. The van der Waals surface area contributed by atoms with E-state index < -0.39 is 0 Å². The lowest BCUT2D eigenvalue weighted by molar-refractivity contribution is 0.102. The van der Waals surface area contributed by atoms with Crippen molar-refractivity contribution < 1.29 is 23.8 Å². The highest BCUT2D eigenvalue weighted by Gasteiger charge is 2.14. The molecule has 0 fully saturated rings. The SMILES string of the molecule is O=C(CSc1nnc(-c2ccco2)o1)c1ccc(O)c(O)c1. The van der Waals surface area contributed by atoms with Crippen LogP contribution in [0.5, 0.6) is 11.5 Å². The van der Waals surface area contributed by atoms with Gasteiger partial charge < -0.3 is 19.0 Å². The number of furan rings is 1. The van der Waals surface area contributed by atoms with Crippen molar-refractivity contribution in [2.75, 3.05) is 5.75 Å². The quantitative estimate of drug-likeness (QED) is 0.420. The van der Waals surface area contributed by atoms with Gasteiger partial charge in [-0.05, 0) is 30.3 Å². The van der Waals surface area contributed by atoms with Gasteiger partial charge in [-0.15, -0.1) is 10.2 Å². The Balaban J connectivity index is 1.65. The van der Waals surface area contributed by atoms with Crippen LogP contribution in [0.1, 0.15) is 10.4 Å². The third-order valence-electron chi connectivity index (χ3n) is 2.76. The highest BCUT2D eigenvalue weighted by molar-refractivity contribution is 7.99. The van der Waals surface area contributed by atoms with E-state index in [1.165, 1.54) is 24.5 Å². The van der Waals surface area contributed by atoms with E-state index in [-0.39, 0.29) is 39.7 Å². The maximum atomic E-state index is 12.0. The fourth-order valence-electron chi connectivity index (χ4n) is 1.68. The Hall–Kier alpha value is -2.74. The molecule has 22 heavy (non-hydrogen) atoms. The molecule has 0 aliphatic carbocycles. The summed E-state index contributed by atoms with van der Waals surface area (Å²) >= 11 is 1.08. The molecule has 3 rings (SSSR count). The van der Waals surface area contributed by atoms with Crippen molar-refractivity contribution in [1.82, 2.24) is 10.2 Å². The zero-order chi connectivity index (χ0) is 15.5. The number of hydrogen-bond acceptors (Lipinski definition) is 8. The Labute approximate surface area is 128 Å². The van der Waals surface area contributed by atoms with Crippen LogP contribution in [0.3, 0.4) is 0 Å². The summed E-state index contributed by atoms with van der Waals surface area (Å²) in [5, 5.41) is 26.5. The van der Waals surface area contributed by atoms with Gasteiger partial charge in [0.15, 0.2) is 23.0 Å². The summed E-state index contributed by atoms with van der Waals surface area (Å²) in [6, 6.07) is 7.29. The topological polar surface area (TPSA) is 110 Å². The summed E-state index contributed by atoms with van der Waals surface area (Å²) in [7, 11) is 0. The minimum atomic E-state index is -0.339. The first-order valence-electron chi connectivity index (χ1n) is 6.19. The minimum Gasteiger partial charge on any atom is -0.504 e. The van der Waals surface area contributed by atoms with Gasteiger partial charge in [-0.2, -0.15) is 0 Å². The maximum Gasteiger partial charge on any atom is 0.284 e. The van der Waals surface area contributed by atoms with Crippen LogP contribution in [0.25, 0.3) is 11.7 Å². The number of carbonyl (C=O) groups is 1. The van der Waals surface area contributed by atoms with Crippen LogP contribution in [-0.2, 0) is 0 Å². The van der Waals surface area contributed by atoms with Crippen LogP contribution < -0.4 is 0 Å². The van der Waals surface area contributed by atoms with E-state index >= 15 is 0 Å². The molecule has 0 radical (unpaired) electrons. The van der Waals surface area contributed by atoms with E-state index in [1.54, 1.807) is 12.1 Å². The maximum absolute atomic E-state index is 12.0. The van der Waals surface area contributed by atoms with E-state index in [9.17, 15) is 15.0 Å². The van der Waals surface area contributed by atoms with Gasteiger partial charge in [-0.1, -0.05) is 11.8 Å². The third-order valence-corrected chi connectivity index (χ3v) is 3.58. The highest BCUT2D eigenvalue weighted by Crippen LogP contribution is 2.27. The van der Waals surface area contributed by atoms with Crippen LogP contribution in [0.4, 0.5) is 0 Å². The Morgan fingerprint density at radius 3 is 2.77 bits per heavy atom. The number of hydrogen-bond donors (Lipinski definition) is 2. The van der Waals surface area contributed by atoms with Crippen molar-refractivity contribution in [3.63, 3.8) is 0 Å². The largest absolute Gasteiger partial charge is 0.504 e. The second kappa shape index (κ2) is 5.94. The predicted octanol–water partition coefficient (Wildman–Crippen LogP) is 2.72. The number of ketones is 1. The van der Waals surface area contributed by atoms with Crippen molar-refractivity contribution in [3.8, 4) is 23.1 Å². The van der Waals surface area contributed by atoms with E-state index in [0.717, 1.165) is 11.8 Å². The standard InChI is InChI=1S/C14H10N2O5S/c17-9-4-3-8(6-10(9)18)11(19)7-22-14-16-15-13(21-14)12-2-1-5-20-12/h1-6,17-18H,7H2. The van der Waals surface area contributed by atoms with Gasteiger partial charge in [0.1, 0.15) is 0 Å². The summed E-state index contributed by atoms with van der Waals surface area (Å²) < 4.78 is 10.5. The highest BCUT2D eigenvalue weighted by atomic mass is 32.2. The number of phenols is 2. The monoisotopic (exact) mass is 318 g/mol. The van der Waals surface area contributed by atoms with Gasteiger partial charge in [0.2, 0.25) is 0 Å². The number of thioether (sulfide) groups is 1. The van der Waals surface area contributed by atoms with Gasteiger partial charge in [0.25, 0.3) is 11.1 Å². The molecule has 0 saturated carbocycles. The number of aromatic nitrogens is 2.